The minimum Gasteiger partial charge on any atom is -0.309 e. The molecule has 11 rings (SSSR count). The lowest BCUT2D eigenvalue weighted by molar-refractivity contribution is 0.590. The lowest BCUT2D eigenvalue weighted by atomic mass is 9.82. The van der Waals surface area contributed by atoms with Crippen molar-refractivity contribution in [1.82, 2.24) is 9.13 Å². The SMILES string of the molecule is CC(C)(C)c1ccc(-c2c3ccc(-n4c5ccc([Si](C)(C)C)cc5c5cc([Si](C)(C)C)ccc54)cc3c(-c3ccc(C(C)(C)C)cc3)c3ccc(-n4c5ccc([Si](C)(C)C)cc5c5cc([Si](C)(C)C)ccc54)cc23)cc1. The lowest BCUT2D eigenvalue weighted by Gasteiger charge is -2.23. The van der Waals surface area contributed by atoms with E-state index in [1.54, 1.807) is 0 Å². The zero-order chi connectivity index (χ0) is 54.4. The molecule has 0 aliphatic carbocycles. The van der Waals surface area contributed by atoms with Gasteiger partial charge in [0.05, 0.1) is 54.4 Å². The van der Waals surface area contributed by atoms with Gasteiger partial charge < -0.3 is 9.13 Å². The highest BCUT2D eigenvalue weighted by molar-refractivity contribution is 6.90. The summed E-state index contributed by atoms with van der Waals surface area (Å²) in [6.07, 6.45) is 0. The standard InChI is InChI=1S/C70H80N2Si4/c1-69(2,3)47-23-19-45(20-24-47)67-55-33-27-50(72-65-37-31-53(75(13,14)15)43-59(65)60-44-54(76(16,17)18)32-38-66(60)72)40-62(55)68(46-21-25-48(26-22-46)70(4,5)6)56-34-28-49(39-61(56)67)71-63-35-29-51(73(7,8)9)41-57(63)58-42-52(74(10,11)12)30-36-64(58)71/h19-44H,1-18H3. The Morgan fingerprint density at radius 1 is 0.263 bits per heavy atom. The molecular formula is C70H80N2Si4. The highest BCUT2D eigenvalue weighted by atomic mass is 28.3. The molecule has 2 aromatic heterocycles. The van der Waals surface area contributed by atoms with E-state index in [1.165, 1.54) is 131 Å². The second-order valence-electron chi connectivity index (χ2n) is 28.5. The third-order valence-electron chi connectivity index (χ3n) is 16.7. The molecular weight excluding hydrogens is 981 g/mol. The van der Waals surface area contributed by atoms with Gasteiger partial charge in [0.2, 0.25) is 0 Å². The van der Waals surface area contributed by atoms with Crippen molar-refractivity contribution in [1.29, 1.82) is 0 Å². The van der Waals surface area contributed by atoms with Crippen molar-refractivity contribution >= 4 is 118 Å². The maximum atomic E-state index is 2.56. The predicted molar refractivity (Wildman–Crippen MR) is 350 cm³/mol. The van der Waals surface area contributed by atoms with E-state index in [2.05, 4.69) is 287 Å². The molecule has 2 heterocycles. The van der Waals surface area contributed by atoms with E-state index in [4.69, 9.17) is 0 Å². The van der Waals surface area contributed by atoms with Crippen LogP contribution < -0.4 is 20.7 Å². The van der Waals surface area contributed by atoms with Gasteiger partial charge in [-0.15, -0.1) is 0 Å². The van der Waals surface area contributed by atoms with Crippen molar-refractivity contribution in [3.8, 4) is 33.6 Å². The van der Waals surface area contributed by atoms with Gasteiger partial charge >= 0.3 is 0 Å². The van der Waals surface area contributed by atoms with Crippen molar-refractivity contribution in [2.45, 2.75) is 131 Å². The fraction of sp³-hybridized carbons (Fsp3) is 0.286. The maximum absolute atomic E-state index is 2.56. The Bertz CT molecular complexity index is 3710. The van der Waals surface area contributed by atoms with E-state index in [0.717, 1.165) is 0 Å². The van der Waals surface area contributed by atoms with Crippen molar-refractivity contribution in [3.05, 3.63) is 169 Å². The van der Waals surface area contributed by atoms with Crippen molar-refractivity contribution in [2.24, 2.45) is 0 Å². The van der Waals surface area contributed by atoms with E-state index in [-0.39, 0.29) is 10.8 Å². The molecule has 0 aliphatic heterocycles. The van der Waals surface area contributed by atoms with Crippen LogP contribution in [0.3, 0.4) is 0 Å². The molecule has 0 bridgehead atoms. The third kappa shape index (κ3) is 9.01. The predicted octanol–water partition coefficient (Wildman–Crippen LogP) is 18.3. The largest absolute Gasteiger partial charge is 0.309 e. The molecule has 0 saturated carbocycles. The number of aromatic nitrogens is 2. The molecule has 386 valence electrons. The lowest BCUT2D eigenvalue weighted by Crippen LogP contribution is -2.37. The third-order valence-corrected chi connectivity index (χ3v) is 24.8. The van der Waals surface area contributed by atoms with Gasteiger partial charge in [0, 0.05) is 32.9 Å². The molecule has 0 atom stereocenters. The average molecular weight is 1060 g/mol. The summed E-state index contributed by atoms with van der Waals surface area (Å²) in [6, 6.07) is 63.3. The topological polar surface area (TPSA) is 9.86 Å². The molecule has 0 N–H and O–H groups in total. The summed E-state index contributed by atoms with van der Waals surface area (Å²) in [5, 5.41) is 16.5. The van der Waals surface area contributed by atoms with Gasteiger partial charge in [-0.2, -0.15) is 0 Å². The Morgan fingerprint density at radius 3 is 0.763 bits per heavy atom. The summed E-state index contributed by atoms with van der Waals surface area (Å²) >= 11 is 0. The minimum atomic E-state index is -1.60. The fourth-order valence-corrected chi connectivity index (χ4v) is 16.5. The molecule has 76 heavy (non-hydrogen) atoms. The van der Waals surface area contributed by atoms with Crippen LogP contribution in [-0.4, -0.2) is 41.4 Å². The molecule has 6 heteroatoms. The monoisotopic (exact) mass is 1060 g/mol. The van der Waals surface area contributed by atoms with Gasteiger partial charge in [0.25, 0.3) is 0 Å². The summed E-state index contributed by atoms with van der Waals surface area (Å²) in [6.45, 7) is 43.5. The first kappa shape index (κ1) is 52.0. The molecule has 9 aromatic carbocycles. The second kappa shape index (κ2) is 17.8. The molecule has 0 amide bonds. The summed E-state index contributed by atoms with van der Waals surface area (Å²) < 4.78 is 5.13. The Labute approximate surface area is 457 Å². The van der Waals surface area contributed by atoms with E-state index in [9.17, 15) is 0 Å². The van der Waals surface area contributed by atoms with Crippen LogP contribution in [0.2, 0.25) is 78.6 Å². The smallest absolute Gasteiger partial charge is 0.0776 e. The van der Waals surface area contributed by atoms with Crippen LogP contribution in [0.1, 0.15) is 52.7 Å². The Hall–Kier alpha value is -6.03. The maximum Gasteiger partial charge on any atom is 0.0776 e. The van der Waals surface area contributed by atoms with E-state index < -0.39 is 32.3 Å². The van der Waals surface area contributed by atoms with E-state index in [0.29, 0.717) is 0 Å². The van der Waals surface area contributed by atoms with Gasteiger partial charge in [-0.25, -0.2) is 0 Å². The summed E-state index contributed by atoms with van der Waals surface area (Å²) in [4.78, 5) is 0. The number of rotatable bonds is 8. The second-order valence-corrected chi connectivity index (χ2v) is 48.8. The van der Waals surface area contributed by atoms with Crippen molar-refractivity contribution in [2.75, 3.05) is 0 Å². The molecule has 0 fully saturated rings. The van der Waals surface area contributed by atoms with Crippen LogP contribution in [0.4, 0.5) is 0 Å². The highest BCUT2D eigenvalue weighted by Gasteiger charge is 2.27. The first-order chi connectivity index (χ1) is 35.5. The number of nitrogens with zero attached hydrogens (tertiary/aromatic N) is 2. The summed E-state index contributed by atoms with van der Waals surface area (Å²) in [5.74, 6) is 0. The van der Waals surface area contributed by atoms with E-state index >= 15 is 0 Å². The molecule has 0 unspecified atom stereocenters. The quantitative estimate of drug-likeness (QED) is 0.106. The van der Waals surface area contributed by atoms with E-state index in [1.807, 2.05) is 0 Å². The molecule has 0 aliphatic rings. The van der Waals surface area contributed by atoms with Crippen LogP contribution >= 0.6 is 0 Å². The van der Waals surface area contributed by atoms with Gasteiger partial charge in [0.15, 0.2) is 0 Å². The summed E-state index contributed by atoms with van der Waals surface area (Å²) in [7, 11) is -6.41. The zero-order valence-electron chi connectivity index (χ0n) is 48.9. The summed E-state index contributed by atoms with van der Waals surface area (Å²) in [5.41, 5.74) is 15.2. The molecule has 11 aromatic rings. The minimum absolute atomic E-state index is 0.0308. The van der Waals surface area contributed by atoms with Crippen LogP contribution in [0.15, 0.2) is 158 Å². The highest BCUT2D eigenvalue weighted by Crippen LogP contribution is 2.47. The number of fused-ring (bicyclic) bond motifs is 8. The van der Waals surface area contributed by atoms with Crippen molar-refractivity contribution < 1.29 is 0 Å². The Kier molecular flexibility index (Phi) is 12.2. The van der Waals surface area contributed by atoms with Gasteiger partial charge in [-0.3, -0.25) is 0 Å². The average Bonchev–Trinajstić information content (AvgIpc) is 3.99. The first-order valence-corrected chi connectivity index (χ1v) is 41.9. The Balaban J connectivity index is 1.26. The fourth-order valence-electron chi connectivity index (χ4n) is 11.8. The number of benzene rings is 9. The number of hydrogen-bond acceptors (Lipinski definition) is 0. The van der Waals surface area contributed by atoms with Gasteiger partial charge in [-0.1, -0.05) is 250 Å². The first-order valence-electron chi connectivity index (χ1n) is 27.9. The zero-order valence-corrected chi connectivity index (χ0v) is 52.9. The number of hydrogen-bond donors (Lipinski definition) is 0. The van der Waals surface area contributed by atoms with Crippen LogP contribution in [-0.2, 0) is 10.8 Å². The van der Waals surface area contributed by atoms with Crippen LogP contribution in [0.5, 0.6) is 0 Å². The Morgan fingerprint density at radius 2 is 0.526 bits per heavy atom. The van der Waals surface area contributed by atoms with Gasteiger partial charge in [0.1, 0.15) is 0 Å². The van der Waals surface area contributed by atoms with Crippen LogP contribution in [0.25, 0.3) is 98.8 Å². The molecule has 0 radical (unpaired) electrons. The normalized spacial score (nSPS) is 13.4. The molecule has 0 spiro atoms. The molecule has 0 saturated heterocycles. The molecule has 2 nitrogen and oxygen atoms in total. The van der Waals surface area contributed by atoms with Crippen molar-refractivity contribution in [3.63, 3.8) is 0 Å². The van der Waals surface area contributed by atoms with Crippen LogP contribution in [0, 0.1) is 0 Å². The van der Waals surface area contributed by atoms with Gasteiger partial charge in [-0.05, 0) is 114 Å².